The van der Waals surface area contributed by atoms with Crippen LogP contribution in [0.5, 0.6) is 0 Å². The van der Waals surface area contributed by atoms with E-state index >= 15 is 0 Å². The highest BCUT2D eigenvalue weighted by Crippen LogP contribution is 2.34. The molecule has 110 valence electrons. The highest BCUT2D eigenvalue weighted by molar-refractivity contribution is 6.35. The summed E-state index contributed by atoms with van der Waals surface area (Å²) in [5, 5.41) is 1.38. The van der Waals surface area contributed by atoms with Crippen LogP contribution in [-0.2, 0) is 6.54 Å². The Labute approximate surface area is 139 Å². The number of allylic oxidation sites excluding steroid dienone is 1. The minimum absolute atomic E-state index is 0.669. The van der Waals surface area contributed by atoms with E-state index in [1.165, 1.54) is 16.9 Å². The quantitative estimate of drug-likeness (QED) is 0.752. The number of anilines is 1. The second kappa shape index (κ2) is 5.38. The normalized spacial score (nSPS) is 15.6. The number of hydrogen-bond donors (Lipinski definition) is 0. The largest absolute Gasteiger partial charge is 0.353 e. The third-order valence-corrected chi connectivity index (χ3v) is 4.59. The van der Waals surface area contributed by atoms with Crippen molar-refractivity contribution in [3.8, 4) is 0 Å². The Kier molecular flexibility index (Phi) is 3.36. The number of hydrogen-bond acceptors (Lipinski definition) is 2. The van der Waals surface area contributed by atoms with Gasteiger partial charge in [0.1, 0.15) is 0 Å². The molecule has 0 fully saturated rings. The molecule has 0 saturated carbocycles. The van der Waals surface area contributed by atoms with E-state index in [4.69, 9.17) is 23.2 Å². The topological polar surface area (TPSA) is 6.48 Å². The minimum Gasteiger partial charge on any atom is -0.353 e. The van der Waals surface area contributed by atoms with Gasteiger partial charge in [0, 0.05) is 22.8 Å². The number of rotatable bonds is 2. The van der Waals surface area contributed by atoms with Gasteiger partial charge in [-0.2, -0.15) is 0 Å². The Hall–Kier alpha value is -1.90. The van der Waals surface area contributed by atoms with Crippen molar-refractivity contribution in [1.29, 1.82) is 0 Å². The molecule has 2 heterocycles. The lowest BCUT2D eigenvalue weighted by Gasteiger charge is -2.27. The molecule has 2 aromatic rings. The molecule has 0 spiro atoms. The summed E-state index contributed by atoms with van der Waals surface area (Å²) in [5.41, 5.74) is 4.80. The van der Waals surface area contributed by atoms with Crippen LogP contribution in [0.3, 0.4) is 0 Å². The van der Waals surface area contributed by atoms with E-state index in [0.29, 0.717) is 10.0 Å². The number of benzene rings is 2. The average Bonchev–Trinajstić information content (AvgIpc) is 2.93. The Morgan fingerprint density at radius 3 is 2.73 bits per heavy atom. The zero-order chi connectivity index (χ0) is 15.1. The Bertz CT molecular complexity index is 795. The second-order valence-corrected chi connectivity index (χ2v) is 6.34. The van der Waals surface area contributed by atoms with E-state index in [1.54, 1.807) is 6.07 Å². The number of nitrogens with zero attached hydrogens (tertiary/aromatic N) is 2. The first-order chi connectivity index (χ1) is 10.7. The minimum atomic E-state index is 0.669. The summed E-state index contributed by atoms with van der Waals surface area (Å²) in [6, 6.07) is 14.1. The molecule has 2 aromatic carbocycles. The smallest absolute Gasteiger partial charge is 0.0951 e. The van der Waals surface area contributed by atoms with Gasteiger partial charge in [-0.25, -0.2) is 0 Å². The zero-order valence-corrected chi connectivity index (χ0v) is 13.3. The maximum Gasteiger partial charge on any atom is 0.0951 e. The lowest BCUT2D eigenvalue weighted by atomic mass is 10.1. The van der Waals surface area contributed by atoms with Crippen LogP contribution < -0.4 is 4.90 Å². The van der Waals surface area contributed by atoms with E-state index in [2.05, 4.69) is 52.4 Å². The van der Waals surface area contributed by atoms with Crippen molar-refractivity contribution in [3.05, 3.63) is 81.6 Å². The molecule has 0 aliphatic carbocycles. The number of halogens is 2. The SMILES string of the molecule is Clc1ccc(CN2C=C3C=Cc4ccccc4N3C2)c(Cl)c1. The summed E-state index contributed by atoms with van der Waals surface area (Å²) in [6.45, 7) is 1.60. The lowest BCUT2D eigenvalue weighted by molar-refractivity contribution is 0.400. The van der Waals surface area contributed by atoms with Crippen LogP contribution in [0.2, 0.25) is 10.0 Å². The van der Waals surface area contributed by atoms with Crippen molar-refractivity contribution < 1.29 is 0 Å². The van der Waals surface area contributed by atoms with Gasteiger partial charge in [0.25, 0.3) is 0 Å². The lowest BCUT2D eigenvalue weighted by Crippen LogP contribution is -2.27. The molecule has 2 aliphatic rings. The van der Waals surface area contributed by atoms with Gasteiger partial charge in [-0.3, -0.25) is 0 Å². The first-order valence-electron chi connectivity index (χ1n) is 7.15. The fourth-order valence-electron chi connectivity index (χ4n) is 2.92. The molecule has 0 atom stereocenters. The van der Waals surface area contributed by atoms with Gasteiger partial charge in [-0.05, 0) is 35.4 Å². The zero-order valence-electron chi connectivity index (χ0n) is 11.8. The van der Waals surface area contributed by atoms with Gasteiger partial charge in [0.05, 0.1) is 18.1 Å². The van der Waals surface area contributed by atoms with Gasteiger partial charge in [-0.15, -0.1) is 0 Å². The van der Waals surface area contributed by atoms with E-state index in [1.807, 2.05) is 12.1 Å². The molecule has 2 aliphatic heterocycles. The number of fused-ring (bicyclic) bond motifs is 3. The van der Waals surface area contributed by atoms with Crippen molar-refractivity contribution in [2.24, 2.45) is 0 Å². The van der Waals surface area contributed by atoms with Crippen molar-refractivity contribution in [2.75, 3.05) is 11.6 Å². The monoisotopic (exact) mass is 328 g/mol. The summed E-state index contributed by atoms with van der Waals surface area (Å²) in [7, 11) is 0. The highest BCUT2D eigenvalue weighted by Gasteiger charge is 2.24. The van der Waals surface area contributed by atoms with Gasteiger partial charge >= 0.3 is 0 Å². The summed E-state index contributed by atoms with van der Waals surface area (Å²) < 4.78 is 0. The van der Waals surface area contributed by atoms with E-state index < -0.39 is 0 Å². The molecule has 0 N–H and O–H groups in total. The fraction of sp³-hybridized carbons (Fsp3) is 0.111. The molecule has 2 nitrogen and oxygen atoms in total. The molecule has 0 saturated heterocycles. The molecule has 4 rings (SSSR count). The molecular weight excluding hydrogens is 315 g/mol. The van der Waals surface area contributed by atoms with E-state index in [0.717, 1.165) is 18.8 Å². The third-order valence-electron chi connectivity index (χ3n) is 4.00. The first-order valence-corrected chi connectivity index (χ1v) is 7.91. The van der Waals surface area contributed by atoms with Gasteiger partial charge < -0.3 is 9.80 Å². The standard InChI is InChI=1S/C18H14Cl2N2/c19-15-7-5-14(17(20)9-15)10-21-11-16-8-6-13-3-1-2-4-18(13)22(16)12-21/h1-9,11H,10,12H2. The van der Waals surface area contributed by atoms with Crippen molar-refractivity contribution >= 4 is 35.0 Å². The molecule has 0 radical (unpaired) electrons. The molecular formula is C18H14Cl2N2. The number of para-hydroxylation sites is 1. The van der Waals surface area contributed by atoms with Crippen LogP contribution in [0.25, 0.3) is 6.08 Å². The van der Waals surface area contributed by atoms with E-state index in [-0.39, 0.29) is 0 Å². The maximum absolute atomic E-state index is 6.28. The molecule has 0 bridgehead atoms. The van der Waals surface area contributed by atoms with Gasteiger partial charge in [-0.1, -0.05) is 53.5 Å². The first kappa shape index (κ1) is 13.7. The van der Waals surface area contributed by atoms with Crippen molar-refractivity contribution in [2.45, 2.75) is 6.54 Å². The van der Waals surface area contributed by atoms with Gasteiger partial charge in [0.2, 0.25) is 0 Å². The van der Waals surface area contributed by atoms with Crippen molar-refractivity contribution in [3.63, 3.8) is 0 Å². The summed E-state index contributed by atoms with van der Waals surface area (Å²) in [4.78, 5) is 4.58. The van der Waals surface area contributed by atoms with Gasteiger partial charge in [0.15, 0.2) is 0 Å². The maximum atomic E-state index is 6.28. The molecule has 22 heavy (non-hydrogen) atoms. The fourth-order valence-corrected chi connectivity index (χ4v) is 3.39. The molecule has 0 aromatic heterocycles. The van der Waals surface area contributed by atoms with Crippen LogP contribution in [0, 0.1) is 0 Å². The summed E-state index contributed by atoms with van der Waals surface area (Å²) in [5.74, 6) is 0. The third kappa shape index (κ3) is 2.39. The van der Waals surface area contributed by atoms with Crippen LogP contribution in [0.4, 0.5) is 5.69 Å². The van der Waals surface area contributed by atoms with Crippen molar-refractivity contribution in [1.82, 2.24) is 4.90 Å². The average molecular weight is 329 g/mol. The van der Waals surface area contributed by atoms with Crippen LogP contribution in [0.1, 0.15) is 11.1 Å². The molecule has 0 amide bonds. The highest BCUT2D eigenvalue weighted by atomic mass is 35.5. The Balaban J connectivity index is 1.59. The summed E-state index contributed by atoms with van der Waals surface area (Å²) >= 11 is 12.2. The summed E-state index contributed by atoms with van der Waals surface area (Å²) in [6.07, 6.45) is 6.50. The van der Waals surface area contributed by atoms with E-state index in [9.17, 15) is 0 Å². The van der Waals surface area contributed by atoms with Crippen LogP contribution >= 0.6 is 23.2 Å². The van der Waals surface area contributed by atoms with Crippen LogP contribution in [-0.4, -0.2) is 11.6 Å². The predicted molar refractivity (Wildman–Crippen MR) is 92.9 cm³/mol. The predicted octanol–water partition coefficient (Wildman–Crippen LogP) is 5.14. The molecule has 0 unspecified atom stereocenters. The second-order valence-electron chi connectivity index (χ2n) is 5.50. The van der Waals surface area contributed by atoms with Crippen LogP contribution in [0.15, 0.2) is 60.4 Å². The molecule has 4 heteroatoms. The Morgan fingerprint density at radius 2 is 1.86 bits per heavy atom. The Morgan fingerprint density at radius 1 is 1.00 bits per heavy atom.